The largest absolute Gasteiger partial charge is 0.478 e. The number of hydrogen-bond acceptors (Lipinski definition) is 2. The molecule has 0 spiro atoms. The summed E-state index contributed by atoms with van der Waals surface area (Å²) in [6.45, 7) is 6.54. The molecule has 2 rings (SSSR count). The molecule has 0 amide bonds. The third-order valence-corrected chi connectivity index (χ3v) is 3.89. The molecule has 0 bridgehead atoms. The Morgan fingerprint density at radius 3 is 2.89 bits per heavy atom. The summed E-state index contributed by atoms with van der Waals surface area (Å²) >= 11 is 0. The third kappa shape index (κ3) is 3.37. The minimum Gasteiger partial charge on any atom is -0.478 e. The van der Waals surface area contributed by atoms with Crippen LogP contribution in [0.3, 0.4) is 0 Å². The van der Waals surface area contributed by atoms with Gasteiger partial charge in [-0.25, -0.2) is 4.79 Å². The van der Waals surface area contributed by atoms with Crippen molar-refractivity contribution >= 4 is 17.7 Å². The number of carboxylic acids is 1. The molecule has 19 heavy (non-hydrogen) atoms. The quantitative estimate of drug-likeness (QED) is 0.843. The standard InChI is InChI=1S/C16H21NO2/c1-3-13-8-9-17(11-13)15-6-4-14(12(2)10-15)5-7-16(18)19/h4-7,10,13H,3,8-9,11H2,1-2H3,(H,18,19)/b7-5+. The first-order chi connectivity index (χ1) is 9.10. The van der Waals surface area contributed by atoms with Crippen LogP contribution in [0.4, 0.5) is 5.69 Å². The van der Waals surface area contributed by atoms with Gasteiger partial charge in [0.15, 0.2) is 0 Å². The molecule has 3 nitrogen and oxygen atoms in total. The first-order valence-electron chi connectivity index (χ1n) is 6.86. The summed E-state index contributed by atoms with van der Waals surface area (Å²) < 4.78 is 0. The fraction of sp³-hybridized carbons (Fsp3) is 0.438. The number of rotatable bonds is 4. The van der Waals surface area contributed by atoms with Crippen molar-refractivity contribution < 1.29 is 9.90 Å². The zero-order chi connectivity index (χ0) is 13.8. The van der Waals surface area contributed by atoms with Crippen LogP contribution in [0.5, 0.6) is 0 Å². The van der Waals surface area contributed by atoms with Gasteiger partial charge >= 0.3 is 5.97 Å². The van der Waals surface area contributed by atoms with Crippen LogP contribution in [-0.4, -0.2) is 24.2 Å². The van der Waals surface area contributed by atoms with Gasteiger partial charge in [-0.15, -0.1) is 0 Å². The Hall–Kier alpha value is -1.77. The number of hydrogen-bond donors (Lipinski definition) is 1. The van der Waals surface area contributed by atoms with Crippen LogP contribution >= 0.6 is 0 Å². The molecule has 1 unspecified atom stereocenters. The van der Waals surface area contributed by atoms with Gasteiger partial charge in [-0.05, 0) is 48.6 Å². The Morgan fingerprint density at radius 2 is 2.32 bits per heavy atom. The highest BCUT2D eigenvalue weighted by atomic mass is 16.4. The normalized spacial score (nSPS) is 19.3. The van der Waals surface area contributed by atoms with Gasteiger partial charge < -0.3 is 10.0 Å². The Balaban J connectivity index is 2.13. The average molecular weight is 259 g/mol. The number of carbonyl (C=O) groups is 1. The highest BCUT2D eigenvalue weighted by molar-refractivity contribution is 5.85. The van der Waals surface area contributed by atoms with Crippen LogP contribution in [0.1, 0.15) is 30.9 Å². The van der Waals surface area contributed by atoms with Gasteiger partial charge in [-0.2, -0.15) is 0 Å². The summed E-state index contributed by atoms with van der Waals surface area (Å²) in [4.78, 5) is 13.0. The number of anilines is 1. The summed E-state index contributed by atoms with van der Waals surface area (Å²) in [5.41, 5.74) is 3.34. The fourth-order valence-electron chi connectivity index (χ4n) is 2.61. The molecule has 102 valence electrons. The third-order valence-electron chi connectivity index (χ3n) is 3.89. The van der Waals surface area contributed by atoms with Crippen LogP contribution < -0.4 is 4.90 Å². The van der Waals surface area contributed by atoms with Crippen LogP contribution in [0.2, 0.25) is 0 Å². The molecular weight excluding hydrogens is 238 g/mol. The van der Waals surface area contributed by atoms with E-state index in [2.05, 4.69) is 24.0 Å². The molecule has 1 aromatic carbocycles. The van der Waals surface area contributed by atoms with E-state index in [0.29, 0.717) is 0 Å². The molecule has 1 heterocycles. The Bertz CT molecular complexity index is 494. The zero-order valence-corrected chi connectivity index (χ0v) is 11.6. The number of aryl methyl sites for hydroxylation is 1. The molecule has 1 saturated heterocycles. The van der Waals surface area contributed by atoms with E-state index in [9.17, 15) is 4.79 Å². The molecule has 1 aromatic rings. The van der Waals surface area contributed by atoms with E-state index in [1.165, 1.54) is 24.6 Å². The lowest BCUT2D eigenvalue weighted by Gasteiger charge is -2.19. The van der Waals surface area contributed by atoms with Crippen molar-refractivity contribution in [2.24, 2.45) is 5.92 Å². The van der Waals surface area contributed by atoms with Crippen molar-refractivity contribution in [1.82, 2.24) is 0 Å². The summed E-state index contributed by atoms with van der Waals surface area (Å²) in [6, 6.07) is 6.25. The highest BCUT2D eigenvalue weighted by Crippen LogP contribution is 2.27. The van der Waals surface area contributed by atoms with Crippen LogP contribution in [0, 0.1) is 12.8 Å². The Labute approximate surface area is 114 Å². The minimum atomic E-state index is -0.909. The summed E-state index contributed by atoms with van der Waals surface area (Å²) in [6.07, 6.45) is 5.36. The van der Waals surface area contributed by atoms with E-state index in [1.807, 2.05) is 13.0 Å². The zero-order valence-electron chi connectivity index (χ0n) is 11.6. The second-order valence-electron chi connectivity index (χ2n) is 5.22. The smallest absolute Gasteiger partial charge is 0.328 e. The molecule has 0 aromatic heterocycles. The number of benzene rings is 1. The minimum absolute atomic E-state index is 0.812. The predicted octanol–water partition coefficient (Wildman–Crippen LogP) is 3.33. The molecule has 1 aliphatic rings. The van der Waals surface area contributed by atoms with Crippen LogP contribution in [0.25, 0.3) is 6.08 Å². The van der Waals surface area contributed by atoms with Crippen LogP contribution in [0.15, 0.2) is 24.3 Å². The van der Waals surface area contributed by atoms with Gasteiger partial charge in [0, 0.05) is 24.9 Å². The maximum Gasteiger partial charge on any atom is 0.328 e. The van der Waals surface area contributed by atoms with E-state index in [-0.39, 0.29) is 0 Å². The summed E-state index contributed by atoms with van der Waals surface area (Å²) in [5.74, 6) is -0.0966. The van der Waals surface area contributed by atoms with E-state index < -0.39 is 5.97 Å². The van der Waals surface area contributed by atoms with Gasteiger partial charge in [0.05, 0.1) is 0 Å². The topological polar surface area (TPSA) is 40.5 Å². The van der Waals surface area contributed by atoms with Gasteiger partial charge in [0.25, 0.3) is 0 Å². The SMILES string of the molecule is CCC1CCN(c2ccc(/C=C/C(=O)O)c(C)c2)C1. The Morgan fingerprint density at radius 1 is 1.53 bits per heavy atom. The van der Waals surface area contributed by atoms with Crippen molar-refractivity contribution in [1.29, 1.82) is 0 Å². The van der Waals surface area contributed by atoms with Gasteiger partial charge in [-0.1, -0.05) is 19.4 Å². The van der Waals surface area contributed by atoms with E-state index in [4.69, 9.17) is 5.11 Å². The molecule has 1 atom stereocenters. The van der Waals surface area contributed by atoms with Crippen LogP contribution in [-0.2, 0) is 4.79 Å². The monoisotopic (exact) mass is 259 g/mol. The number of carboxylic acid groups (broad SMARTS) is 1. The molecule has 3 heteroatoms. The van der Waals surface area contributed by atoms with Gasteiger partial charge in [0.2, 0.25) is 0 Å². The maximum atomic E-state index is 10.5. The van der Waals surface area contributed by atoms with Crippen molar-refractivity contribution in [3.8, 4) is 0 Å². The van der Waals surface area contributed by atoms with E-state index in [0.717, 1.165) is 30.1 Å². The maximum absolute atomic E-state index is 10.5. The lowest BCUT2D eigenvalue weighted by Crippen LogP contribution is -2.19. The lowest BCUT2D eigenvalue weighted by atomic mass is 10.1. The van der Waals surface area contributed by atoms with Crippen molar-refractivity contribution in [2.45, 2.75) is 26.7 Å². The summed E-state index contributed by atoms with van der Waals surface area (Å²) in [7, 11) is 0. The molecule has 0 radical (unpaired) electrons. The fourth-order valence-corrected chi connectivity index (χ4v) is 2.61. The van der Waals surface area contributed by atoms with E-state index >= 15 is 0 Å². The van der Waals surface area contributed by atoms with Gasteiger partial charge in [-0.3, -0.25) is 0 Å². The second kappa shape index (κ2) is 5.91. The molecule has 1 aliphatic heterocycles. The highest BCUT2D eigenvalue weighted by Gasteiger charge is 2.21. The molecule has 1 fully saturated rings. The molecule has 0 aliphatic carbocycles. The van der Waals surface area contributed by atoms with Crippen molar-refractivity contribution in [3.63, 3.8) is 0 Å². The second-order valence-corrected chi connectivity index (χ2v) is 5.22. The lowest BCUT2D eigenvalue weighted by molar-refractivity contribution is -0.131. The van der Waals surface area contributed by atoms with Crippen molar-refractivity contribution in [3.05, 3.63) is 35.4 Å². The van der Waals surface area contributed by atoms with Crippen molar-refractivity contribution in [2.75, 3.05) is 18.0 Å². The first kappa shape index (κ1) is 13.7. The first-order valence-corrected chi connectivity index (χ1v) is 6.86. The molecular formula is C16H21NO2. The van der Waals surface area contributed by atoms with E-state index in [1.54, 1.807) is 6.08 Å². The molecule has 0 saturated carbocycles. The number of nitrogens with zero attached hydrogens (tertiary/aromatic N) is 1. The summed E-state index contributed by atoms with van der Waals surface area (Å²) in [5, 5.41) is 8.65. The number of aliphatic carboxylic acids is 1. The molecule has 1 N–H and O–H groups in total. The Kier molecular flexibility index (Phi) is 4.25. The average Bonchev–Trinajstić information content (AvgIpc) is 2.85. The predicted molar refractivity (Wildman–Crippen MR) is 78.5 cm³/mol. The van der Waals surface area contributed by atoms with Gasteiger partial charge in [0.1, 0.15) is 0 Å².